The number of benzene rings is 3. The molecule has 1 aliphatic heterocycles. The number of hydrogen-bond donors (Lipinski definition) is 3. The van der Waals surface area contributed by atoms with Crippen LogP contribution in [0.4, 0.5) is 22.1 Å². The average molecular weight is 525 g/mol. The van der Waals surface area contributed by atoms with Gasteiger partial charge in [0.15, 0.2) is 0 Å². The molecule has 0 aliphatic carbocycles. The van der Waals surface area contributed by atoms with E-state index in [1.165, 1.54) is 0 Å². The van der Waals surface area contributed by atoms with Gasteiger partial charge in [-0.25, -0.2) is 9.97 Å². The first-order valence-corrected chi connectivity index (χ1v) is 14.1. The molecule has 1 aromatic heterocycles. The van der Waals surface area contributed by atoms with E-state index in [4.69, 9.17) is 10.5 Å². The third-order valence-corrected chi connectivity index (χ3v) is 8.46. The van der Waals surface area contributed by atoms with E-state index in [-0.39, 0.29) is 5.91 Å². The Morgan fingerprint density at radius 2 is 1.61 bits per heavy atom. The summed E-state index contributed by atoms with van der Waals surface area (Å²) in [6.45, 7) is 3.27. The molecular weight excluding hydrogens is 496 g/mol. The van der Waals surface area contributed by atoms with Crippen molar-refractivity contribution in [1.29, 1.82) is 0 Å². The van der Waals surface area contributed by atoms with Crippen LogP contribution in [0.25, 0.3) is 11.3 Å². The van der Waals surface area contributed by atoms with Crippen LogP contribution in [0.1, 0.15) is 10.4 Å². The Kier molecular flexibility index (Phi) is 7.72. The minimum atomic E-state index is -2.52. The SMILES string of the molecule is NC(=O)[SiH](NC(=O)c1ccc(-c2ccnc(Nc3ccc(N4CCOCC4)cc3)n2)cc1)c1ccccc1. The predicted octanol–water partition coefficient (Wildman–Crippen LogP) is 2.75. The average Bonchev–Trinajstić information content (AvgIpc) is 2.97. The molecule has 1 aliphatic rings. The summed E-state index contributed by atoms with van der Waals surface area (Å²) >= 11 is 0. The summed E-state index contributed by atoms with van der Waals surface area (Å²) < 4.78 is 5.42. The molecule has 1 atom stereocenters. The molecule has 1 saturated heterocycles. The minimum absolute atomic E-state index is 0.332. The maximum Gasteiger partial charge on any atom is 0.274 e. The van der Waals surface area contributed by atoms with Crippen molar-refractivity contribution < 1.29 is 14.3 Å². The number of hydrogen-bond acceptors (Lipinski definition) is 7. The number of amides is 2. The van der Waals surface area contributed by atoms with Gasteiger partial charge in [-0.2, -0.15) is 0 Å². The largest absolute Gasteiger partial charge is 0.378 e. The second-order valence-electron chi connectivity index (χ2n) is 8.83. The van der Waals surface area contributed by atoms with Crippen LogP contribution < -0.4 is 26.1 Å². The summed E-state index contributed by atoms with van der Waals surface area (Å²) in [6.07, 6.45) is 1.69. The maximum atomic E-state index is 12.8. The van der Waals surface area contributed by atoms with E-state index in [0.717, 1.165) is 48.4 Å². The molecule has 0 spiro atoms. The molecule has 1 fully saturated rings. The molecule has 0 bridgehead atoms. The van der Waals surface area contributed by atoms with Crippen LogP contribution in [0, 0.1) is 0 Å². The van der Waals surface area contributed by atoms with Gasteiger partial charge in [0.1, 0.15) is 0 Å². The molecule has 0 radical (unpaired) electrons. The van der Waals surface area contributed by atoms with Gasteiger partial charge in [0.05, 0.1) is 18.9 Å². The van der Waals surface area contributed by atoms with Crippen molar-refractivity contribution in [2.24, 2.45) is 5.73 Å². The zero-order valence-electron chi connectivity index (χ0n) is 20.7. The summed E-state index contributed by atoms with van der Waals surface area (Å²) in [5.74, 6) is 0.142. The van der Waals surface area contributed by atoms with Crippen LogP contribution in [-0.2, 0) is 4.74 Å². The fraction of sp³-hybridized carbons (Fsp3) is 0.143. The van der Waals surface area contributed by atoms with E-state index in [1.54, 1.807) is 18.3 Å². The second kappa shape index (κ2) is 11.7. The number of carbonyl (C=O) groups is 2. The molecule has 38 heavy (non-hydrogen) atoms. The number of nitrogens with two attached hydrogens (primary N) is 1. The Morgan fingerprint density at radius 3 is 2.29 bits per heavy atom. The van der Waals surface area contributed by atoms with E-state index in [9.17, 15) is 9.59 Å². The van der Waals surface area contributed by atoms with Gasteiger partial charge in [-0.05, 0) is 47.7 Å². The number of anilines is 3. The van der Waals surface area contributed by atoms with Gasteiger partial charge in [-0.15, -0.1) is 0 Å². The van der Waals surface area contributed by atoms with Crippen molar-refractivity contribution in [3.8, 4) is 11.3 Å². The Morgan fingerprint density at radius 1 is 0.895 bits per heavy atom. The topological polar surface area (TPSA) is 122 Å². The highest BCUT2D eigenvalue weighted by Gasteiger charge is 2.23. The minimum Gasteiger partial charge on any atom is -0.378 e. The van der Waals surface area contributed by atoms with E-state index < -0.39 is 14.5 Å². The molecule has 2 amide bonds. The molecule has 3 aromatic carbocycles. The third kappa shape index (κ3) is 6.05. The Hall–Kier alpha value is -4.54. The lowest BCUT2D eigenvalue weighted by Gasteiger charge is -2.28. The summed E-state index contributed by atoms with van der Waals surface area (Å²) in [6, 6.07) is 26.2. The molecule has 5 rings (SSSR count). The predicted molar refractivity (Wildman–Crippen MR) is 150 cm³/mol. The first-order chi connectivity index (χ1) is 18.6. The maximum absolute atomic E-state index is 12.8. The fourth-order valence-electron chi connectivity index (χ4n) is 4.26. The Bertz CT molecular complexity index is 1390. The van der Waals surface area contributed by atoms with E-state index in [0.29, 0.717) is 17.2 Å². The van der Waals surface area contributed by atoms with Gasteiger partial charge in [-0.1, -0.05) is 42.5 Å². The molecule has 2 heterocycles. The zero-order valence-corrected chi connectivity index (χ0v) is 21.9. The number of carbonyl (C=O) groups excluding carboxylic acids is 2. The van der Waals surface area contributed by atoms with Gasteiger partial charge in [0.25, 0.3) is 8.96 Å². The van der Waals surface area contributed by atoms with Crippen molar-refractivity contribution in [2.75, 3.05) is 36.5 Å². The van der Waals surface area contributed by atoms with Gasteiger partial charge >= 0.3 is 0 Å². The lowest BCUT2D eigenvalue weighted by molar-refractivity contribution is 0.0979. The number of aromatic nitrogens is 2. The zero-order chi connectivity index (χ0) is 26.3. The van der Waals surface area contributed by atoms with Crippen LogP contribution >= 0.6 is 0 Å². The quantitative estimate of drug-likeness (QED) is 0.303. The van der Waals surface area contributed by atoms with Crippen LogP contribution in [-0.4, -0.2) is 56.7 Å². The van der Waals surface area contributed by atoms with E-state index in [2.05, 4.69) is 37.3 Å². The molecule has 1 unspecified atom stereocenters. The number of ether oxygens (including phenoxy) is 1. The summed E-state index contributed by atoms with van der Waals surface area (Å²) in [5, 5.41) is 4.02. The normalized spacial score (nSPS) is 13.9. The molecule has 192 valence electrons. The first-order valence-electron chi connectivity index (χ1n) is 12.4. The van der Waals surface area contributed by atoms with Crippen LogP contribution in [0.5, 0.6) is 0 Å². The number of nitrogens with zero attached hydrogens (tertiary/aromatic N) is 3. The monoisotopic (exact) mass is 524 g/mol. The van der Waals surface area contributed by atoms with Crippen molar-refractivity contribution >= 4 is 42.9 Å². The Labute approximate surface area is 222 Å². The smallest absolute Gasteiger partial charge is 0.274 e. The standard InChI is InChI=1S/C28H28N6O3Si/c29-27(36)38(24-4-2-1-3-5-24)33-26(35)21-8-6-20(7-9-21)25-14-15-30-28(32-25)31-22-10-12-23(13-11-22)34-16-18-37-19-17-34/h1-15,38H,16-19H2,(H2,29,36)(H,33,35)(H,30,31,32). The lowest BCUT2D eigenvalue weighted by Crippen LogP contribution is -2.56. The number of nitrogens with one attached hydrogen (secondary N) is 2. The number of morpholine rings is 1. The summed E-state index contributed by atoms with van der Waals surface area (Å²) in [7, 11) is -2.52. The number of rotatable bonds is 8. The van der Waals surface area contributed by atoms with Crippen LogP contribution in [0.15, 0.2) is 91.1 Å². The first kappa shape index (κ1) is 25.1. The molecule has 4 aromatic rings. The summed E-state index contributed by atoms with van der Waals surface area (Å²) in [4.78, 5) is 39.0. The number of primary amides is 1. The van der Waals surface area contributed by atoms with Gasteiger partial charge < -0.3 is 25.7 Å². The van der Waals surface area contributed by atoms with Crippen molar-refractivity contribution in [3.05, 3.63) is 96.7 Å². The third-order valence-electron chi connectivity index (χ3n) is 6.29. The van der Waals surface area contributed by atoms with Crippen molar-refractivity contribution in [1.82, 2.24) is 15.0 Å². The molecule has 4 N–H and O–H groups in total. The fourth-order valence-corrected chi connectivity index (χ4v) is 5.93. The Balaban J connectivity index is 1.25. The van der Waals surface area contributed by atoms with E-state index >= 15 is 0 Å². The molecule has 10 heteroatoms. The highest BCUT2D eigenvalue weighted by Crippen LogP contribution is 2.23. The van der Waals surface area contributed by atoms with Gasteiger partial charge in [0, 0.05) is 41.8 Å². The summed E-state index contributed by atoms with van der Waals surface area (Å²) in [5.41, 5.74) is 9.14. The van der Waals surface area contributed by atoms with E-state index in [1.807, 2.05) is 60.7 Å². The van der Waals surface area contributed by atoms with Crippen LogP contribution in [0.3, 0.4) is 0 Å². The molecule has 0 saturated carbocycles. The van der Waals surface area contributed by atoms with Crippen molar-refractivity contribution in [2.45, 2.75) is 0 Å². The highest BCUT2D eigenvalue weighted by atomic mass is 28.3. The van der Waals surface area contributed by atoms with Crippen LogP contribution in [0.2, 0.25) is 0 Å². The van der Waals surface area contributed by atoms with Gasteiger partial charge in [0.2, 0.25) is 17.4 Å². The van der Waals surface area contributed by atoms with Crippen molar-refractivity contribution in [3.63, 3.8) is 0 Å². The molecule has 9 nitrogen and oxygen atoms in total. The highest BCUT2D eigenvalue weighted by molar-refractivity contribution is 6.98. The second-order valence-corrected chi connectivity index (χ2v) is 11.2. The van der Waals surface area contributed by atoms with Gasteiger partial charge in [-0.3, -0.25) is 9.59 Å². The molecular formula is C28H28N6O3Si. The lowest BCUT2D eigenvalue weighted by atomic mass is 10.1.